The summed E-state index contributed by atoms with van der Waals surface area (Å²) in [5.41, 5.74) is 0.505. The molecule has 0 radical (unpaired) electrons. The Kier molecular flexibility index (Phi) is 4.28. The van der Waals surface area contributed by atoms with Crippen LogP contribution in [0.1, 0.15) is 48.7 Å². The molecule has 1 fully saturated rings. The van der Waals surface area contributed by atoms with Crippen LogP contribution in [0, 0.1) is 12.8 Å². The molecule has 0 bridgehead atoms. The third-order valence-electron chi connectivity index (χ3n) is 4.13. The van der Waals surface area contributed by atoms with Gasteiger partial charge < -0.3 is 15.5 Å². The van der Waals surface area contributed by atoms with Crippen molar-refractivity contribution >= 4 is 11.8 Å². The maximum atomic E-state index is 11.1. The number of aryl methyl sites for hydroxylation is 1. The fourth-order valence-corrected chi connectivity index (χ4v) is 2.77. The number of carboxylic acids is 1. The van der Waals surface area contributed by atoms with E-state index in [1.807, 2.05) is 0 Å². The average molecular weight is 278 g/mol. The van der Waals surface area contributed by atoms with E-state index in [-0.39, 0.29) is 17.7 Å². The Balaban J connectivity index is 2.21. The molecule has 1 aliphatic rings. The summed E-state index contributed by atoms with van der Waals surface area (Å²) in [6, 6.07) is 3.08. The molecular weight excluding hydrogens is 256 g/mol. The third kappa shape index (κ3) is 3.28. The zero-order valence-electron chi connectivity index (χ0n) is 12.0. The number of nitrogens with one attached hydrogen (secondary N) is 1. The lowest BCUT2D eigenvalue weighted by Crippen LogP contribution is -2.45. The zero-order valence-corrected chi connectivity index (χ0v) is 12.0. The molecule has 1 saturated carbocycles. The molecule has 20 heavy (non-hydrogen) atoms. The summed E-state index contributed by atoms with van der Waals surface area (Å²) in [5.74, 6) is 0.247. The SMILES string of the molecule is Cc1cc(C(=O)O)cc(NC2(CO)CCC(C)CC2)n1. The first kappa shape index (κ1) is 14.8. The first-order valence-electron chi connectivity index (χ1n) is 7.05. The lowest BCUT2D eigenvalue weighted by atomic mass is 9.77. The van der Waals surface area contributed by atoms with Gasteiger partial charge in [0.05, 0.1) is 17.7 Å². The summed E-state index contributed by atoms with van der Waals surface area (Å²) < 4.78 is 0. The molecule has 1 heterocycles. The van der Waals surface area contributed by atoms with E-state index in [1.165, 1.54) is 6.07 Å². The van der Waals surface area contributed by atoms with Crippen LogP contribution in [0.25, 0.3) is 0 Å². The third-order valence-corrected chi connectivity index (χ3v) is 4.13. The Bertz CT molecular complexity index is 494. The van der Waals surface area contributed by atoms with Gasteiger partial charge in [0.25, 0.3) is 0 Å². The van der Waals surface area contributed by atoms with E-state index in [4.69, 9.17) is 5.11 Å². The van der Waals surface area contributed by atoms with Crippen molar-refractivity contribution in [2.45, 2.75) is 45.1 Å². The minimum atomic E-state index is -0.964. The fraction of sp³-hybridized carbons (Fsp3) is 0.600. The molecule has 0 atom stereocenters. The van der Waals surface area contributed by atoms with Gasteiger partial charge in [0.1, 0.15) is 5.82 Å². The quantitative estimate of drug-likeness (QED) is 0.788. The molecule has 1 aromatic rings. The highest BCUT2D eigenvalue weighted by Gasteiger charge is 2.34. The number of aliphatic hydroxyl groups excluding tert-OH is 1. The summed E-state index contributed by atoms with van der Waals surface area (Å²) in [6.45, 7) is 4.03. The number of aromatic carboxylic acids is 1. The van der Waals surface area contributed by atoms with Gasteiger partial charge in [-0.05, 0) is 50.7 Å². The first-order valence-corrected chi connectivity index (χ1v) is 7.05. The number of carboxylic acid groups (broad SMARTS) is 1. The standard InChI is InChI=1S/C15H22N2O3/c1-10-3-5-15(9-18,6-4-10)17-13-8-12(14(19)20)7-11(2)16-13/h7-8,10,18H,3-6,9H2,1-2H3,(H,16,17)(H,19,20). The van der Waals surface area contributed by atoms with Gasteiger partial charge in [-0.3, -0.25) is 0 Å². The molecule has 2 rings (SSSR count). The second-order valence-electron chi connectivity index (χ2n) is 5.93. The van der Waals surface area contributed by atoms with Gasteiger partial charge in [0.2, 0.25) is 0 Å². The van der Waals surface area contributed by atoms with Gasteiger partial charge in [-0.15, -0.1) is 0 Å². The number of aliphatic hydroxyl groups is 1. The number of nitrogens with zero attached hydrogens (tertiary/aromatic N) is 1. The van der Waals surface area contributed by atoms with Crippen LogP contribution in [0.15, 0.2) is 12.1 Å². The van der Waals surface area contributed by atoms with Crippen molar-refractivity contribution in [3.63, 3.8) is 0 Å². The normalized spacial score (nSPS) is 26.2. The van der Waals surface area contributed by atoms with Crippen LogP contribution < -0.4 is 5.32 Å². The molecular formula is C15H22N2O3. The van der Waals surface area contributed by atoms with Gasteiger partial charge in [-0.25, -0.2) is 9.78 Å². The van der Waals surface area contributed by atoms with Crippen molar-refractivity contribution in [1.29, 1.82) is 0 Å². The van der Waals surface area contributed by atoms with Crippen LogP contribution in [0.2, 0.25) is 0 Å². The molecule has 5 heteroatoms. The summed E-state index contributed by atoms with van der Waals surface area (Å²) >= 11 is 0. The Morgan fingerprint density at radius 2 is 2.10 bits per heavy atom. The van der Waals surface area contributed by atoms with Gasteiger partial charge in [0, 0.05) is 5.69 Å². The molecule has 1 aromatic heterocycles. The van der Waals surface area contributed by atoms with E-state index in [2.05, 4.69) is 17.2 Å². The van der Waals surface area contributed by atoms with Crippen LogP contribution in [0.4, 0.5) is 5.82 Å². The molecule has 0 aromatic carbocycles. The van der Waals surface area contributed by atoms with E-state index < -0.39 is 5.97 Å². The predicted molar refractivity (Wildman–Crippen MR) is 77.0 cm³/mol. The lowest BCUT2D eigenvalue weighted by Gasteiger charge is -2.39. The lowest BCUT2D eigenvalue weighted by molar-refractivity contribution is 0.0696. The number of rotatable bonds is 4. The van der Waals surface area contributed by atoms with E-state index in [0.717, 1.165) is 25.7 Å². The van der Waals surface area contributed by atoms with Crippen molar-refractivity contribution in [2.24, 2.45) is 5.92 Å². The van der Waals surface area contributed by atoms with Gasteiger partial charge >= 0.3 is 5.97 Å². The van der Waals surface area contributed by atoms with E-state index in [0.29, 0.717) is 17.4 Å². The molecule has 5 nitrogen and oxygen atoms in total. The summed E-state index contributed by atoms with van der Waals surface area (Å²) in [5, 5.41) is 22.1. The zero-order chi connectivity index (χ0) is 14.8. The van der Waals surface area contributed by atoms with E-state index >= 15 is 0 Å². The topological polar surface area (TPSA) is 82.5 Å². The molecule has 0 spiro atoms. The van der Waals surface area contributed by atoms with Crippen molar-refractivity contribution in [3.05, 3.63) is 23.4 Å². The number of anilines is 1. The van der Waals surface area contributed by atoms with Crippen molar-refractivity contribution in [1.82, 2.24) is 4.98 Å². The van der Waals surface area contributed by atoms with Crippen LogP contribution in [-0.4, -0.2) is 33.3 Å². The Labute approximate surface area is 119 Å². The predicted octanol–water partition coefficient (Wildman–Crippen LogP) is 2.44. The van der Waals surface area contributed by atoms with Crippen LogP contribution >= 0.6 is 0 Å². The first-order chi connectivity index (χ1) is 9.44. The van der Waals surface area contributed by atoms with Crippen molar-refractivity contribution in [3.8, 4) is 0 Å². The molecule has 0 amide bonds. The van der Waals surface area contributed by atoms with Gasteiger partial charge in [0.15, 0.2) is 0 Å². The Hall–Kier alpha value is -1.62. The number of hydrogen-bond donors (Lipinski definition) is 3. The van der Waals surface area contributed by atoms with Crippen LogP contribution in [0.5, 0.6) is 0 Å². The Morgan fingerprint density at radius 3 is 2.65 bits per heavy atom. The number of pyridine rings is 1. The smallest absolute Gasteiger partial charge is 0.335 e. The fourth-order valence-electron chi connectivity index (χ4n) is 2.77. The molecule has 1 aliphatic carbocycles. The highest BCUT2D eigenvalue weighted by Crippen LogP contribution is 2.34. The second kappa shape index (κ2) is 5.79. The maximum Gasteiger partial charge on any atom is 0.335 e. The number of carbonyl (C=O) groups is 1. The second-order valence-corrected chi connectivity index (χ2v) is 5.93. The number of aromatic nitrogens is 1. The van der Waals surface area contributed by atoms with Crippen molar-refractivity contribution < 1.29 is 15.0 Å². The highest BCUT2D eigenvalue weighted by molar-refractivity contribution is 5.88. The molecule has 0 unspecified atom stereocenters. The molecule has 0 saturated heterocycles. The summed E-state index contributed by atoms with van der Waals surface area (Å²) in [7, 11) is 0. The summed E-state index contributed by atoms with van der Waals surface area (Å²) in [6.07, 6.45) is 3.88. The van der Waals surface area contributed by atoms with E-state index in [9.17, 15) is 9.90 Å². The Morgan fingerprint density at radius 1 is 1.45 bits per heavy atom. The molecule has 110 valence electrons. The van der Waals surface area contributed by atoms with Gasteiger partial charge in [-0.2, -0.15) is 0 Å². The monoisotopic (exact) mass is 278 g/mol. The minimum Gasteiger partial charge on any atom is -0.478 e. The van der Waals surface area contributed by atoms with Gasteiger partial charge in [-0.1, -0.05) is 6.92 Å². The van der Waals surface area contributed by atoms with E-state index in [1.54, 1.807) is 13.0 Å². The van der Waals surface area contributed by atoms with Crippen molar-refractivity contribution in [2.75, 3.05) is 11.9 Å². The minimum absolute atomic E-state index is 0.0394. The summed E-state index contributed by atoms with van der Waals surface area (Å²) in [4.78, 5) is 15.4. The maximum absolute atomic E-state index is 11.1. The molecule has 0 aliphatic heterocycles. The van der Waals surface area contributed by atoms with Crippen LogP contribution in [-0.2, 0) is 0 Å². The van der Waals surface area contributed by atoms with Crippen LogP contribution in [0.3, 0.4) is 0 Å². The molecule has 3 N–H and O–H groups in total. The number of hydrogen-bond acceptors (Lipinski definition) is 4. The highest BCUT2D eigenvalue weighted by atomic mass is 16.4. The largest absolute Gasteiger partial charge is 0.478 e. The average Bonchev–Trinajstić information content (AvgIpc) is 2.41.